The van der Waals surface area contributed by atoms with Gasteiger partial charge in [0.2, 0.25) is 5.91 Å². The number of amides is 1. The third kappa shape index (κ3) is 3.80. The van der Waals surface area contributed by atoms with E-state index in [-0.39, 0.29) is 24.9 Å². The van der Waals surface area contributed by atoms with Gasteiger partial charge in [-0.15, -0.1) is 23.7 Å². The normalized spacial score (nSPS) is 11.1. The zero-order valence-electron chi connectivity index (χ0n) is 8.64. The Bertz CT molecular complexity index is 343. The number of hydrogen-bond acceptors (Lipinski definition) is 5. The van der Waals surface area contributed by atoms with Crippen molar-refractivity contribution >= 4 is 35.6 Å². The van der Waals surface area contributed by atoms with Gasteiger partial charge in [0.1, 0.15) is 0 Å². The summed E-state index contributed by atoms with van der Waals surface area (Å²) >= 11 is 1.37. The van der Waals surface area contributed by atoms with Crippen LogP contribution in [0.3, 0.4) is 0 Å². The number of thiophene rings is 1. The Morgan fingerprint density at radius 2 is 2.31 bits per heavy atom. The number of methoxy groups -OCH3 is 1. The van der Waals surface area contributed by atoms with Gasteiger partial charge < -0.3 is 15.8 Å². The van der Waals surface area contributed by atoms with Crippen molar-refractivity contribution in [1.29, 1.82) is 0 Å². The number of rotatable bonds is 4. The third-order valence-corrected chi connectivity index (χ3v) is 2.69. The van der Waals surface area contributed by atoms with E-state index in [1.165, 1.54) is 18.4 Å². The van der Waals surface area contributed by atoms with Gasteiger partial charge >= 0.3 is 5.97 Å². The molecule has 0 aliphatic carbocycles. The summed E-state index contributed by atoms with van der Waals surface area (Å²) in [6.45, 7) is -0.154. The second-order valence-electron chi connectivity index (χ2n) is 2.74. The van der Waals surface area contributed by atoms with Gasteiger partial charge in [-0.25, -0.2) is 4.79 Å². The van der Waals surface area contributed by atoms with Crippen molar-refractivity contribution in [3.8, 4) is 0 Å². The molecular formula is C9H13ClN2O3S. The van der Waals surface area contributed by atoms with Gasteiger partial charge in [-0.2, -0.15) is 0 Å². The molecule has 0 saturated heterocycles. The highest BCUT2D eigenvalue weighted by molar-refractivity contribution is 7.10. The molecule has 0 fully saturated rings. The molecule has 16 heavy (non-hydrogen) atoms. The predicted molar refractivity (Wildman–Crippen MR) is 63.5 cm³/mol. The van der Waals surface area contributed by atoms with Gasteiger partial charge in [0.05, 0.1) is 13.7 Å². The summed E-state index contributed by atoms with van der Waals surface area (Å²) in [7, 11) is 1.28. The molecule has 1 rings (SSSR count). The molecule has 0 spiro atoms. The maximum Gasteiger partial charge on any atom is 0.333 e. The van der Waals surface area contributed by atoms with E-state index in [1.807, 2.05) is 5.38 Å². The largest absolute Gasteiger partial charge is 0.467 e. The number of hydrogen-bond donors (Lipinski definition) is 2. The van der Waals surface area contributed by atoms with Crippen LogP contribution in [0.2, 0.25) is 0 Å². The summed E-state index contributed by atoms with van der Waals surface area (Å²) in [5.41, 5.74) is 5.15. The van der Waals surface area contributed by atoms with Crippen molar-refractivity contribution < 1.29 is 14.3 Å². The summed E-state index contributed by atoms with van der Waals surface area (Å²) in [4.78, 5) is 23.2. The van der Waals surface area contributed by atoms with Gasteiger partial charge in [-0.1, -0.05) is 6.07 Å². The summed E-state index contributed by atoms with van der Waals surface area (Å²) in [6.07, 6.45) is 0. The van der Waals surface area contributed by atoms with Crippen LogP contribution in [-0.4, -0.2) is 25.5 Å². The lowest BCUT2D eigenvalue weighted by molar-refractivity contribution is -0.145. The average Bonchev–Trinajstić information content (AvgIpc) is 2.77. The molecule has 0 radical (unpaired) electrons. The monoisotopic (exact) mass is 264 g/mol. The SMILES string of the molecule is COC(=O)C(NC(=O)CN)c1cccs1.Cl. The molecule has 0 aliphatic heterocycles. The minimum atomic E-state index is -0.758. The number of halogens is 1. The van der Waals surface area contributed by atoms with E-state index in [1.54, 1.807) is 12.1 Å². The van der Waals surface area contributed by atoms with Crippen LogP contribution in [0.25, 0.3) is 0 Å². The van der Waals surface area contributed by atoms with E-state index in [2.05, 4.69) is 10.1 Å². The van der Waals surface area contributed by atoms with Gasteiger partial charge in [0.25, 0.3) is 0 Å². The Morgan fingerprint density at radius 3 is 2.75 bits per heavy atom. The molecule has 1 aromatic rings. The highest BCUT2D eigenvalue weighted by Gasteiger charge is 2.23. The highest BCUT2D eigenvalue weighted by atomic mass is 35.5. The molecule has 1 unspecified atom stereocenters. The van der Waals surface area contributed by atoms with Crippen LogP contribution < -0.4 is 11.1 Å². The lowest BCUT2D eigenvalue weighted by Crippen LogP contribution is -2.37. The zero-order valence-corrected chi connectivity index (χ0v) is 10.3. The predicted octanol–water partition coefficient (Wildman–Crippen LogP) is 0.459. The fourth-order valence-electron chi connectivity index (χ4n) is 1.04. The van der Waals surface area contributed by atoms with Gasteiger partial charge in [0, 0.05) is 4.88 Å². The summed E-state index contributed by atoms with van der Waals surface area (Å²) in [5, 5.41) is 4.31. The van der Waals surface area contributed by atoms with Crippen LogP contribution in [0.15, 0.2) is 17.5 Å². The molecule has 7 heteroatoms. The summed E-state index contributed by atoms with van der Waals surface area (Å²) < 4.78 is 4.59. The second kappa shape index (κ2) is 7.21. The molecule has 1 heterocycles. The maximum absolute atomic E-state index is 11.4. The van der Waals surface area contributed by atoms with Crippen molar-refractivity contribution in [2.24, 2.45) is 5.73 Å². The summed E-state index contributed by atoms with van der Waals surface area (Å²) in [6, 6.07) is 2.79. The average molecular weight is 265 g/mol. The second-order valence-corrected chi connectivity index (χ2v) is 3.72. The van der Waals surface area contributed by atoms with E-state index in [0.29, 0.717) is 0 Å². The molecule has 1 amide bonds. The van der Waals surface area contributed by atoms with Crippen molar-refractivity contribution in [2.45, 2.75) is 6.04 Å². The molecular weight excluding hydrogens is 252 g/mol. The maximum atomic E-state index is 11.4. The van der Waals surface area contributed by atoms with Crippen LogP contribution in [0.5, 0.6) is 0 Å². The molecule has 0 saturated carbocycles. The molecule has 0 aromatic carbocycles. The van der Waals surface area contributed by atoms with E-state index in [4.69, 9.17) is 5.73 Å². The third-order valence-electron chi connectivity index (χ3n) is 1.76. The molecule has 90 valence electrons. The first-order valence-electron chi connectivity index (χ1n) is 4.29. The minimum absolute atomic E-state index is 0. The van der Waals surface area contributed by atoms with E-state index in [0.717, 1.165) is 4.88 Å². The Hall–Kier alpha value is -1.11. The molecule has 0 bridgehead atoms. The topological polar surface area (TPSA) is 81.4 Å². The van der Waals surface area contributed by atoms with E-state index in [9.17, 15) is 9.59 Å². The number of carbonyl (C=O) groups is 2. The Balaban J connectivity index is 0.00000225. The molecule has 5 nitrogen and oxygen atoms in total. The molecule has 3 N–H and O–H groups in total. The fourth-order valence-corrected chi connectivity index (χ4v) is 1.80. The zero-order chi connectivity index (χ0) is 11.3. The van der Waals surface area contributed by atoms with E-state index < -0.39 is 12.0 Å². The number of esters is 1. The molecule has 0 aliphatic rings. The standard InChI is InChI=1S/C9H12N2O3S.ClH/c1-14-9(13)8(11-7(12)5-10)6-3-2-4-15-6;/h2-4,8H,5,10H2,1H3,(H,11,12);1H. The van der Waals surface area contributed by atoms with Crippen LogP contribution in [-0.2, 0) is 14.3 Å². The fraction of sp³-hybridized carbons (Fsp3) is 0.333. The quantitative estimate of drug-likeness (QED) is 0.774. The lowest BCUT2D eigenvalue weighted by Gasteiger charge is -2.14. The van der Waals surface area contributed by atoms with Crippen molar-refractivity contribution in [3.63, 3.8) is 0 Å². The number of nitrogens with two attached hydrogens (primary N) is 1. The smallest absolute Gasteiger partial charge is 0.333 e. The Kier molecular flexibility index (Phi) is 6.71. The van der Waals surface area contributed by atoms with Crippen molar-refractivity contribution in [3.05, 3.63) is 22.4 Å². The Morgan fingerprint density at radius 1 is 1.62 bits per heavy atom. The van der Waals surface area contributed by atoms with Crippen LogP contribution in [0.4, 0.5) is 0 Å². The van der Waals surface area contributed by atoms with Crippen molar-refractivity contribution in [2.75, 3.05) is 13.7 Å². The molecule has 1 aromatic heterocycles. The van der Waals surface area contributed by atoms with E-state index >= 15 is 0 Å². The molecule has 1 atom stereocenters. The van der Waals surface area contributed by atoms with Crippen LogP contribution >= 0.6 is 23.7 Å². The van der Waals surface area contributed by atoms with Gasteiger partial charge in [-0.05, 0) is 11.4 Å². The first kappa shape index (κ1) is 14.9. The van der Waals surface area contributed by atoms with Crippen LogP contribution in [0.1, 0.15) is 10.9 Å². The highest BCUT2D eigenvalue weighted by Crippen LogP contribution is 2.19. The number of nitrogens with one attached hydrogen (secondary N) is 1. The van der Waals surface area contributed by atoms with Crippen molar-refractivity contribution in [1.82, 2.24) is 5.32 Å². The van der Waals surface area contributed by atoms with Gasteiger partial charge in [-0.3, -0.25) is 4.79 Å². The first-order valence-corrected chi connectivity index (χ1v) is 5.17. The summed E-state index contributed by atoms with van der Waals surface area (Å²) in [5.74, 6) is -0.891. The lowest BCUT2D eigenvalue weighted by atomic mass is 10.2. The number of carbonyl (C=O) groups excluding carboxylic acids is 2. The van der Waals surface area contributed by atoms with Crippen LogP contribution in [0, 0.1) is 0 Å². The number of ether oxygens (including phenoxy) is 1. The first-order chi connectivity index (χ1) is 7.19. The minimum Gasteiger partial charge on any atom is -0.467 e. The Labute approximate surface area is 103 Å². The van der Waals surface area contributed by atoms with Gasteiger partial charge in [0.15, 0.2) is 6.04 Å².